The average Bonchev–Trinajstić information content (AvgIpc) is 2.53. The van der Waals surface area contributed by atoms with Crippen LogP contribution in [0, 0.1) is 0 Å². The monoisotopic (exact) mass is 262 g/mol. The van der Waals surface area contributed by atoms with E-state index < -0.39 is 0 Å². The molecule has 0 aliphatic heterocycles. The van der Waals surface area contributed by atoms with Crippen molar-refractivity contribution >= 4 is 10.9 Å². The zero-order chi connectivity index (χ0) is 13.6. The van der Waals surface area contributed by atoms with Crippen molar-refractivity contribution in [1.29, 1.82) is 0 Å². The number of rotatable bonds is 5. The molecule has 20 heavy (non-hydrogen) atoms. The molecule has 3 rings (SSSR count). The van der Waals surface area contributed by atoms with E-state index in [0.717, 1.165) is 25.0 Å². The molecule has 0 aliphatic rings. The van der Waals surface area contributed by atoms with E-state index in [9.17, 15) is 0 Å². The maximum atomic E-state index is 4.49. The van der Waals surface area contributed by atoms with Crippen molar-refractivity contribution in [2.45, 2.75) is 13.0 Å². The third-order valence-corrected chi connectivity index (χ3v) is 3.46. The van der Waals surface area contributed by atoms with Gasteiger partial charge in [-0.3, -0.25) is 4.98 Å². The predicted molar refractivity (Wildman–Crippen MR) is 83.6 cm³/mol. The van der Waals surface area contributed by atoms with Crippen molar-refractivity contribution < 1.29 is 0 Å². The normalized spacial score (nSPS) is 10.8. The van der Waals surface area contributed by atoms with Crippen molar-refractivity contribution in [3.8, 4) is 0 Å². The number of hydrogen-bond acceptors (Lipinski definition) is 2. The summed E-state index contributed by atoms with van der Waals surface area (Å²) in [6.45, 7) is 1.88. The van der Waals surface area contributed by atoms with Crippen LogP contribution in [0.2, 0.25) is 0 Å². The van der Waals surface area contributed by atoms with Crippen LogP contribution in [-0.2, 0) is 13.0 Å². The highest BCUT2D eigenvalue weighted by atomic mass is 14.8. The summed E-state index contributed by atoms with van der Waals surface area (Å²) in [4.78, 5) is 4.49. The van der Waals surface area contributed by atoms with Crippen molar-refractivity contribution in [2.24, 2.45) is 0 Å². The Hall–Kier alpha value is -2.19. The third kappa shape index (κ3) is 3.03. The fourth-order valence-electron chi connectivity index (χ4n) is 2.42. The topological polar surface area (TPSA) is 24.9 Å². The number of nitrogens with one attached hydrogen (secondary N) is 1. The van der Waals surface area contributed by atoms with Crippen molar-refractivity contribution in [3.05, 3.63) is 78.0 Å². The van der Waals surface area contributed by atoms with Gasteiger partial charge >= 0.3 is 0 Å². The Kier molecular flexibility index (Phi) is 4.04. The molecule has 3 aromatic rings. The van der Waals surface area contributed by atoms with Gasteiger partial charge in [-0.2, -0.15) is 0 Å². The lowest BCUT2D eigenvalue weighted by Gasteiger charge is -2.07. The van der Waals surface area contributed by atoms with Gasteiger partial charge in [-0.1, -0.05) is 54.6 Å². The lowest BCUT2D eigenvalue weighted by Crippen LogP contribution is -2.16. The van der Waals surface area contributed by atoms with Gasteiger partial charge in [0, 0.05) is 18.1 Å². The number of para-hydroxylation sites is 1. The van der Waals surface area contributed by atoms with Crippen LogP contribution >= 0.6 is 0 Å². The Labute approximate surface area is 119 Å². The second kappa shape index (κ2) is 6.31. The zero-order valence-corrected chi connectivity index (χ0v) is 11.4. The molecule has 1 N–H and O–H groups in total. The zero-order valence-electron chi connectivity index (χ0n) is 11.4. The standard InChI is InChI=1S/C18H18N2/c1-2-6-15(7-3-1)14-19-13-11-17-9-4-8-16-10-5-12-20-18(16)17/h1-10,12,19H,11,13-14H2. The van der Waals surface area contributed by atoms with Gasteiger partial charge in [0.25, 0.3) is 0 Å². The Morgan fingerprint density at radius 2 is 1.70 bits per heavy atom. The van der Waals surface area contributed by atoms with Crippen molar-refractivity contribution in [1.82, 2.24) is 10.3 Å². The van der Waals surface area contributed by atoms with Crippen LogP contribution < -0.4 is 5.32 Å². The van der Waals surface area contributed by atoms with Crippen LogP contribution in [0.15, 0.2) is 66.9 Å². The van der Waals surface area contributed by atoms with E-state index in [0.29, 0.717) is 0 Å². The van der Waals surface area contributed by atoms with E-state index >= 15 is 0 Å². The van der Waals surface area contributed by atoms with Gasteiger partial charge in [-0.25, -0.2) is 0 Å². The van der Waals surface area contributed by atoms with E-state index in [2.05, 4.69) is 58.8 Å². The van der Waals surface area contributed by atoms with Crippen molar-refractivity contribution in [2.75, 3.05) is 6.54 Å². The predicted octanol–water partition coefficient (Wildman–Crippen LogP) is 3.57. The minimum absolute atomic E-state index is 0.916. The highest BCUT2D eigenvalue weighted by molar-refractivity contribution is 5.81. The summed E-state index contributed by atoms with van der Waals surface area (Å²) in [5.41, 5.74) is 3.75. The van der Waals surface area contributed by atoms with Crippen LogP contribution in [0.25, 0.3) is 10.9 Å². The van der Waals surface area contributed by atoms with Gasteiger partial charge in [0.15, 0.2) is 0 Å². The number of aromatic nitrogens is 1. The largest absolute Gasteiger partial charge is 0.312 e. The molecule has 0 saturated heterocycles. The number of fused-ring (bicyclic) bond motifs is 1. The second-order valence-corrected chi connectivity index (χ2v) is 4.90. The van der Waals surface area contributed by atoms with Crippen LogP contribution in [0.3, 0.4) is 0 Å². The highest BCUT2D eigenvalue weighted by Gasteiger charge is 2.01. The highest BCUT2D eigenvalue weighted by Crippen LogP contribution is 2.15. The first-order chi connectivity index (χ1) is 9.93. The molecule has 1 aromatic heterocycles. The number of pyridine rings is 1. The van der Waals surface area contributed by atoms with E-state index in [1.807, 2.05) is 18.3 Å². The van der Waals surface area contributed by atoms with Crippen molar-refractivity contribution in [3.63, 3.8) is 0 Å². The number of benzene rings is 2. The van der Waals surface area contributed by atoms with E-state index in [1.54, 1.807) is 0 Å². The van der Waals surface area contributed by atoms with Gasteiger partial charge in [-0.15, -0.1) is 0 Å². The molecule has 0 saturated carbocycles. The first kappa shape index (κ1) is 12.8. The molecule has 0 radical (unpaired) electrons. The van der Waals surface area contributed by atoms with E-state index in [4.69, 9.17) is 0 Å². The molecule has 2 nitrogen and oxygen atoms in total. The average molecular weight is 262 g/mol. The summed E-state index contributed by atoms with van der Waals surface area (Å²) in [6.07, 6.45) is 2.87. The van der Waals surface area contributed by atoms with E-state index in [-0.39, 0.29) is 0 Å². The molecule has 0 spiro atoms. The first-order valence-electron chi connectivity index (χ1n) is 7.01. The summed E-state index contributed by atoms with van der Waals surface area (Å²) in [5, 5.41) is 4.70. The van der Waals surface area contributed by atoms with Crippen LogP contribution in [0.1, 0.15) is 11.1 Å². The molecule has 0 aliphatic carbocycles. The van der Waals surface area contributed by atoms with Gasteiger partial charge < -0.3 is 5.32 Å². The summed E-state index contributed by atoms with van der Waals surface area (Å²) in [7, 11) is 0. The van der Waals surface area contributed by atoms with Crippen LogP contribution in [0.5, 0.6) is 0 Å². The Balaban J connectivity index is 1.60. The number of nitrogens with zero attached hydrogens (tertiary/aromatic N) is 1. The fraction of sp³-hybridized carbons (Fsp3) is 0.167. The molecule has 0 unspecified atom stereocenters. The molecule has 0 bridgehead atoms. The fourth-order valence-corrected chi connectivity index (χ4v) is 2.42. The number of hydrogen-bond donors (Lipinski definition) is 1. The molecule has 1 heterocycles. The van der Waals surface area contributed by atoms with Gasteiger partial charge in [0.05, 0.1) is 5.52 Å². The summed E-state index contributed by atoms with van der Waals surface area (Å²) in [5.74, 6) is 0. The third-order valence-electron chi connectivity index (χ3n) is 3.46. The molecular weight excluding hydrogens is 244 g/mol. The summed E-state index contributed by atoms with van der Waals surface area (Å²) < 4.78 is 0. The van der Waals surface area contributed by atoms with Crippen LogP contribution in [0.4, 0.5) is 0 Å². The molecular formula is C18H18N2. The smallest absolute Gasteiger partial charge is 0.0734 e. The maximum Gasteiger partial charge on any atom is 0.0734 e. The maximum absolute atomic E-state index is 4.49. The van der Waals surface area contributed by atoms with Gasteiger partial charge in [0.2, 0.25) is 0 Å². The molecule has 0 atom stereocenters. The van der Waals surface area contributed by atoms with E-state index in [1.165, 1.54) is 16.5 Å². The molecule has 100 valence electrons. The Morgan fingerprint density at radius 1 is 0.850 bits per heavy atom. The first-order valence-corrected chi connectivity index (χ1v) is 7.01. The second-order valence-electron chi connectivity index (χ2n) is 4.90. The van der Waals surface area contributed by atoms with Gasteiger partial charge in [0.1, 0.15) is 0 Å². The molecule has 0 fully saturated rings. The molecule has 0 amide bonds. The summed E-state index contributed by atoms with van der Waals surface area (Å²) >= 11 is 0. The molecule has 2 aromatic carbocycles. The SMILES string of the molecule is c1ccc(CNCCc2cccc3cccnc23)cc1. The lowest BCUT2D eigenvalue weighted by molar-refractivity contribution is 0.688. The molecule has 2 heteroatoms. The minimum Gasteiger partial charge on any atom is -0.312 e. The summed E-state index contributed by atoms with van der Waals surface area (Å²) in [6, 6.07) is 21.0. The quantitative estimate of drug-likeness (QED) is 0.711. The van der Waals surface area contributed by atoms with Crippen LogP contribution in [-0.4, -0.2) is 11.5 Å². The van der Waals surface area contributed by atoms with Gasteiger partial charge in [-0.05, 0) is 30.2 Å². The Bertz CT molecular complexity index is 672. The Morgan fingerprint density at radius 3 is 2.60 bits per heavy atom. The lowest BCUT2D eigenvalue weighted by atomic mass is 10.1. The minimum atomic E-state index is 0.916.